The standard InChI is InChI=1S/C23H28N6O2/c30-29(31)23-9-7-20(8-10-23)19-28(15-13-24-17-21-5-1-3-11-26-21)16-14-25-18-22-6-2-4-12-27-22/h1-12,24-25H,13-19H2. The predicted octanol–water partition coefficient (Wildman–Crippen LogP) is 2.77. The number of hydrogen-bond donors (Lipinski definition) is 2. The highest BCUT2D eigenvalue weighted by Gasteiger charge is 2.09. The second kappa shape index (κ2) is 12.5. The van der Waals surface area contributed by atoms with Gasteiger partial charge in [0, 0.05) is 70.3 Å². The monoisotopic (exact) mass is 420 g/mol. The number of nitrogens with one attached hydrogen (secondary N) is 2. The van der Waals surface area contributed by atoms with Crippen molar-refractivity contribution in [3.8, 4) is 0 Å². The summed E-state index contributed by atoms with van der Waals surface area (Å²) in [4.78, 5) is 21.5. The number of nitrogens with zero attached hydrogens (tertiary/aromatic N) is 4. The lowest BCUT2D eigenvalue weighted by molar-refractivity contribution is -0.384. The zero-order chi connectivity index (χ0) is 21.7. The summed E-state index contributed by atoms with van der Waals surface area (Å²) < 4.78 is 0. The van der Waals surface area contributed by atoms with Crippen molar-refractivity contribution in [1.29, 1.82) is 0 Å². The van der Waals surface area contributed by atoms with Gasteiger partial charge < -0.3 is 10.6 Å². The molecule has 8 heteroatoms. The van der Waals surface area contributed by atoms with Crippen molar-refractivity contribution in [2.45, 2.75) is 19.6 Å². The van der Waals surface area contributed by atoms with Crippen molar-refractivity contribution in [3.05, 3.63) is 100 Å². The van der Waals surface area contributed by atoms with E-state index >= 15 is 0 Å². The van der Waals surface area contributed by atoms with E-state index < -0.39 is 0 Å². The van der Waals surface area contributed by atoms with Crippen molar-refractivity contribution in [2.75, 3.05) is 26.2 Å². The molecule has 2 heterocycles. The minimum absolute atomic E-state index is 0.115. The first-order valence-electron chi connectivity index (χ1n) is 10.4. The number of nitro benzene ring substituents is 1. The van der Waals surface area contributed by atoms with E-state index in [1.54, 1.807) is 24.5 Å². The Morgan fingerprint density at radius 2 is 1.35 bits per heavy atom. The van der Waals surface area contributed by atoms with Gasteiger partial charge in [-0.25, -0.2) is 0 Å². The van der Waals surface area contributed by atoms with Gasteiger partial charge in [-0.2, -0.15) is 0 Å². The van der Waals surface area contributed by atoms with Gasteiger partial charge in [-0.05, 0) is 29.8 Å². The van der Waals surface area contributed by atoms with Crippen LogP contribution in [0.3, 0.4) is 0 Å². The second-order valence-electron chi connectivity index (χ2n) is 7.20. The number of nitro groups is 1. The Bertz CT molecular complexity index is 859. The van der Waals surface area contributed by atoms with Crippen molar-refractivity contribution >= 4 is 5.69 Å². The molecule has 0 aliphatic rings. The zero-order valence-electron chi connectivity index (χ0n) is 17.5. The third kappa shape index (κ3) is 8.21. The Hall–Kier alpha value is -3.20. The van der Waals surface area contributed by atoms with E-state index in [0.29, 0.717) is 0 Å². The van der Waals surface area contributed by atoms with Crippen LogP contribution >= 0.6 is 0 Å². The van der Waals surface area contributed by atoms with Gasteiger partial charge in [0.2, 0.25) is 0 Å². The van der Waals surface area contributed by atoms with E-state index in [2.05, 4.69) is 25.5 Å². The van der Waals surface area contributed by atoms with E-state index in [0.717, 1.165) is 62.8 Å². The summed E-state index contributed by atoms with van der Waals surface area (Å²) in [7, 11) is 0. The molecule has 3 rings (SSSR count). The molecule has 0 bridgehead atoms. The summed E-state index contributed by atoms with van der Waals surface area (Å²) in [5.74, 6) is 0. The second-order valence-corrected chi connectivity index (χ2v) is 7.20. The van der Waals surface area contributed by atoms with Crippen LogP contribution in [0.25, 0.3) is 0 Å². The summed E-state index contributed by atoms with van der Waals surface area (Å²) in [5, 5.41) is 17.8. The lowest BCUT2D eigenvalue weighted by Crippen LogP contribution is -2.36. The summed E-state index contributed by atoms with van der Waals surface area (Å²) in [6.07, 6.45) is 3.59. The largest absolute Gasteiger partial charge is 0.310 e. The maximum Gasteiger partial charge on any atom is 0.269 e. The predicted molar refractivity (Wildman–Crippen MR) is 120 cm³/mol. The topological polar surface area (TPSA) is 96.2 Å². The fourth-order valence-electron chi connectivity index (χ4n) is 3.16. The molecule has 0 saturated carbocycles. The van der Waals surface area contributed by atoms with Crippen LogP contribution in [0.2, 0.25) is 0 Å². The van der Waals surface area contributed by atoms with Crippen LogP contribution in [0.1, 0.15) is 17.0 Å². The van der Waals surface area contributed by atoms with E-state index in [1.807, 2.05) is 48.5 Å². The molecular weight excluding hydrogens is 392 g/mol. The van der Waals surface area contributed by atoms with E-state index in [-0.39, 0.29) is 10.6 Å². The molecular formula is C23H28N6O2. The lowest BCUT2D eigenvalue weighted by atomic mass is 10.2. The Balaban J connectivity index is 1.48. The molecule has 0 saturated heterocycles. The fourth-order valence-corrected chi connectivity index (χ4v) is 3.16. The maximum atomic E-state index is 10.9. The molecule has 0 radical (unpaired) electrons. The normalized spacial score (nSPS) is 11.0. The molecule has 0 atom stereocenters. The molecule has 8 nitrogen and oxygen atoms in total. The Morgan fingerprint density at radius 1 is 0.806 bits per heavy atom. The Morgan fingerprint density at radius 3 is 1.81 bits per heavy atom. The Kier molecular flexibility index (Phi) is 9.06. The number of benzene rings is 1. The molecule has 3 aromatic rings. The number of aromatic nitrogens is 2. The van der Waals surface area contributed by atoms with Gasteiger partial charge in [0.25, 0.3) is 5.69 Å². The molecule has 1 aromatic carbocycles. The zero-order valence-corrected chi connectivity index (χ0v) is 17.5. The first kappa shape index (κ1) is 22.5. The van der Waals surface area contributed by atoms with Crippen LogP contribution in [0, 0.1) is 10.1 Å². The van der Waals surface area contributed by atoms with Crippen LogP contribution in [0.15, 0.2) is 73.1 Å². The number of hydrogen-bond acceptors (Lipinski definition) is 7. The maximum absolute atomic E-state index is 10.9. The summed E-state index contributed by atoms with van der Waals surface area (Å²) in [5.41, 5.74) is 3.20. The van der Waals surface area contributed by atoms with Gasteiger partial charge in [0.15, 0.2) is 0 Å². The van der Waals surface area contributed by atoms with Gasteiger partial charge in [0.1, 0.15) is 0 Å². The fraction of sp³-hybridized carbons (Fsp3) is 0.304. The third-order valence-corrected chi connectivity index (χ3v) is 4.83. The number of non-ortho nitro benzene ring substituents is 1. The third-order valence-electron chi connectivity index (χ3n) is 4.83. The average molecular weight is 421 g/mol. The molecule has 0 unspecified atom stereocenters. The highest BCUT2D eigenvalue weighted by Crippen LogP contribution is 2.13. The van der Waals surface area contributed by atoms with Crippen molar-refractivity contribution in [2.24, 2.45) is 0 Å². The highest BCUT2D eigenvalue weighted by molar-refractivity contribution is 5.32. The molecule has 31 heavy (non-hydrogen) atoms. The Labute approximate surface area is 182 Å². The van der Waals surface area contributed by atoms with Crippen LogP contribution in [-0.4, -0.2) is 46.0 Å². The van der Waals surface area contributed by atoms with Crippen LogP contribution in [0.4, 0.5) is 5.69 Å². The van der Waals surface area contributed by atoms with Gasteiger partial charge >= 0.3 is 0 Å². The van der Waals surface area contributed by atoms with Gasteiger partial charge in [0.05, 0.1) is 16.3 Å². The van der Waals surface area contributed by atoms with Gasteiger partial charge in [-0.3, -0.25) is 25.0 Å². The van der Waals surface area contributed by atoms with Crippen molar-refractivity contribution in [3.63, 3.8) is 0 Å². The smallest absolute Gasteiger partial charge is 0.269 e. The average Bonchev–Trinajstić information content (AvgIpc) is 2.81. The number of rotatable bonds is 13. The molecule has 2 aromatic heterocycles. The minimum atomic E-state index is -0.370. The van der Waals surface area contributed by atoms with Crippen LogP contribution in [0.5, 0.6) is 0 Å². The van der Waals surface area contributed by atoms with Crippen molar-refractivity contribution in [1.82, 2.24) is 25.5 Å². The van der Waals surface area contributed by atoms with E-state index in [4.69, 9.17) is 0 Å². The van der Waals surface area contributed by atoms with E-state index in [1.165, 1.54) is 0 Å². The summed E-state index contributed by atoms with van der Waals surface area (Å²) >= 11 is 0. The van der Waals surface area contributed by atoms with Gasteiger partial charge in [-0.15, -0.1) is 0 Å². The first-order valence-corrected chi connectivity index (χ1v) is 10.4. The highest BCUT2D eigenvalue weighted by atomic mass is 16.6. The first-order chi connectivity index (χ1) is 15.2. The summed E-state index contributed by atoms with van der Waals surface area (Å²) in [6.45, 7) is 5.54. The minimum Gasteiger partial charge on any atom is -0.310 e. The van der Waals surface area contributed by atoms with Crippen LogP contribution in [-0.2, 0) is 19.6 Å². The molecule has 162 valence electrons. The lowest BCUT2D eigenvalue weighted by Gasteiger charge is -2.23. The molecule has 0 spiro atoms. The molecule has 0 amide bonds. The quantitative estimate of drug-likeness (QED) is 0.249. The molecule has 0 fully saturated rings. The van der Waals surface area contributed by atoms with Gasteiger partial charge in [-0.1, -0.05) is 24.3 Å². The van der Waals surface area contributed by atoms with E-state index in [9.17, 15) is 10.1 Å². The molecule has 0 aliphatic heterocycles. The molecule has 0 aliphatic carbocycles. The number of pyridine rings is 2. The van der Waals surface area contributed by atoms with Crippen LogP contribution < -0.4 is 10.6 Å². The summed E-state index contributed by atoms with van der Waals surface area (Å²) in [6, 6.07) is 18.6. The molecule has 2 N–H and O–H groups in total. The SMILES string of the molecule is O=[N+]([O-])c1ccc(CN(CCNCc2ccccn2)CCNCc2ccccn2)cc1. The van der Waals surface area contributed by atoms with Crippen molar-refractivity contribution < 1.29 is 4.92 Å².